The lowest BCUT2D eigenvalue weighted by Crippen LogP contribution is -1.75. The van der Waals surface area contributed by atoms with E-state index >= 15 is 0 Å². The SMILES string of the molecule is N#[N+]c1cnc2ccccc2c1. The predicted molar refractivity (Wildman–Crippen MR) is 46.5 cm³/mol. The van der Waals surface area contributed by atoms with Gasteiger partial charge in [-0.1, -0.05) is 18.2 Å². The van der Waals surface area contributed by atoms with Crippen molar-refractivity contribution in [3.8, 4) is 0 Å². The molecule has 12 heavy (non-hydrogen) atoms. The van der Waals surface area contributed by atoms with E-state index in [2.05, 4.69) is 9.96 Å². The lowest BCUT2D eigenvalue weighted by molar-refractivity contribution is 1.39. The van der Waals surface area contributed by atoms with Gasteiger partial charge in [0.05, 0.1) is 5.52 Å². The van der Waals surface area contributed by atoms with Crippen LogP contribution in [0.3, 0.4) is 0 Å². The molecule has 0 radical (unpaired) electrons. The first-order valence-corrected chi connectivity index (χ1v) is 3.60. The van der Waals surface area contributed by atoms with Crippen LogP contribution < -0.4 is 0 Å². The fourth-order valence-electron chi connectivity index (χ4n) is 1.11. The number of hydrogen-bond donors (Lipinski definition) is 0. The van der Waals surface area contributed by atoms with Crippen LogP contribution in [0, 0.1) is 5.39 Å². The van der Waals surface area contributed by atoms with Gasteiger partial charge in [-0.15, -0.1) is 0 Å². The fraction of sp³-hybridized carbons (Fsp3) is 0. The van der Waals surface area contributed by atoms with E-state index in [1.165, 1.54) is 6.20 Å². The molecule has 0 aliphatic rings. The minimum Gasteiger partial charge on any atom is -0.248 e. The number of hydrogen-bond acceptors (Lipinski definition) is 2. The van der Waals surface area contributed by atoms with Crippen LogP contribution in [0.25, 0.3) is 15.9 Å². The van der Waals surface area contributed by atoms with E-state index in [4.69, 9.17) is 5.39 Å². The second-order valence-electron chi connectivity index (χ2n) is 2.49. The average Bonchev–Trinajstić information content (AvgIpc) is 2.17. The number of benzene rings is 1. The van der Waals surface area contributed by atoms with Crippen LogP contribution in [0.15, 0.2) is 36.5 Å². The van der Waals surface area contributed by atoms with Crippen LogP contribution in [-0.4, -0.2) is 4.98 Å². The first-order chi connectivity index (χ1) is 5.90. The maximum Gasteiger partial charge on any atom is 0.403 e. The minimum absolute atomic E-state index is 0.480. The van der Waals surface area contributed by atoms with Gasteiger partial charge in [0.25, 0.3) is 0 Å². The fourth-order valence-corrected chi connectivity index (χ4v) is 1.11. The van der Waals surface area contributed by atoms with Gasteiger partial charge < -0.3 is 0 Å². The summed E-state index contributed by atoms with van der Waals surface area (Å²) in [5.41, 5.74) is 1.39. The zero-order valence-corrected chi connectivity index (χ0v) is 6.31. The van der Waals surface area contributed by atoms with Crippen molar-refractivity contribution in [2.24, 2.45) is 0 Å². The zero-order chi connectivity index (χ0) is 8.39. The Kier molecular flexibility index (Phi) is 1.45. The van der Waals surface area contributed by atoms with Gasteiger partial charge in [-0.05, 0) is 6.07 Å². The summed E-state index contributed by atoms with van der Waals surface area (Å²) in [6.07, 6.45) is 1.53. The van der Waals surface area contributed by atoms with E-state index in [1.807, 2.05) is 24.3 Å². The van der Waals surface area contributed by atoms with Crippen LogP contribution in [0.2, 0.25) is 0 Å². The molecule has 0 spiro atoms. The van der Waals surface area contributed by atoms with E-state index in [0.29, 0.717) is 5.69 Å². The first kappa shape index (κ1) is 6.74. The van der Waals surface area contributed by atoms with Gasteiger partial charge in [0.15, 0.2) is 4.98 Å². The Morgan fingerprint density at radius 2 is 2.08 bits per heavy atom. The maximum atomic E-state index is 8.48. The van der Waals surface area contributed by atoms with Gasteiger partial charge >= 0.3 is 5.69 Å². The van der Waals surface area contributed by atoms with E-state index in [-0.39, 0.29) is 0 Å². The van der Waals surface area contributed by atoms with Crippen molar-refractivity contribution in [3.63, 3.8) is 0 Å². The first-order valence-electron chi connectivity index (χ1n) is 3.60. The number of aromatic nitrogens is 1. The van der Waals surface area contributed by atoms with Gasteiger partial charge in [0, 0.05) is 11.5 Å². The van der Waals surface area contributed by atoms with Crippen LogP contribution in [-0.2, 0) is 0 Å². The molecule has 0 N–H and O–H groups in total. The van der Waals surface area contributed by atoms with Crippen LogP contribution in [0.4, 0.5) is 5.69 Å². The summed E-state index contributed by atoms with van der Waals surface area (Å²) in [6, 6.07) is 9.46. The number of para-hydroxylation sites is 1. The van der Waals surface area contributed by atoms with E-state index < -0.39 is 0 Å². The number of fused-ring (bicyclic) bond motifs is 1. The Balaban J connectivity index is 2.78. The second kappa shape index (κ2) is 2.59. The third-order valence-electron chi connectivity index (χ3n) is 1.69. The Bertz CT molecular complexity index is 457. The van der Waals surface area contributed by atoms with Gasteiger partial charge in [0.1, 0.15) is 6.20 Å². The minimum atomic E-state index is 0.480. The number of nitrogens with zero attached hydrogens (tertiary/aromatic N) is 3. The van der Waals surface area contributed by atoms with Crippen molar-refractivity contribution < 1.29 is 0 Å². The molecule has 0 unspecified atom stereocenters. The summed E-state index contributed by atoms with van der Waals surface area (Å²) in [4.78, 5) is 7.16. The van der Waals surface area contributed by atoms with Crippen molar-refractivity contribution >= 4 is 16.6 Å². The lowest BCUT2D eigenvalue weighted by Gasteiger charge is -1.90. The molecule has 0 saturated heterocycles. The van der Waals surface area contributed by atoms with Crippen molar-refractivity contribution in [2.75, 3.05) is 0 Å². The zero-order valence-electron chi connectivity index (χ0n) is 6.31. The predicted octanol–water partition coefficient (Wildman–Crippen LogP) is 2.72. The third kappa shape index (κ3) is 0.995. The average molecular weight is 156 g/mol. The highest BCUT2D eigenvalue weighted by atomic mass is 14.9. The molecule has 0 saturated carbocycles. The van der Waals surface area contributed by atoms with Crippen molar-refractivity contribution in [1.82, 2.24) is 4.98 Å². The number of diazo groups is 1. The highest BCUT2D eigenvalue weighted by Crippen LogP contribution is 2.17. The number of pyridine rings is 1. The largest absolute Gasteiger partial charge is 0.403 e. The smallest absolute Gasteiger partial charge is 0.248 e. The van der Waals surface area contributed by atoms with Gasteiger partial charge in [-0.3, -0.25) is 0 Å². The Labute approximate surface area is 69.3 Å². The van der Waals surface area contributed by atoms with Crippen LogP contribution >= 0.6 is 0 Å². The Morgan fingerprint density at radius 3 is 2.92 bits per heavy atom. The molecular formula is C9H6N3+. The standard InChI is InChI=1S/C9H6N3/c10-12-8-5-7-3-1-2-4-9(7)11-6-8/h1-6H/q+1. The molecule has 56 valence electrons. The highest BCUT2D eigenvalue weighted by molar-refractivity contribution is 5.81. The number of rotatable bonds is 0. The molecule has 0 bridgehead atoms. The van der Waals surface area contributed by atoms with Crippen molar-refractivity contribution in [1.29, 1.82) is 5.39 Å². The molecule has 0 aliphatic carbocycles. The summed E-state index contributed by atoms with van der Waals surface area (Å²) in [6.45, 7) is 0. The molecule has 2 rings (SSSR count). The summed E-state index contributed by atoms with van der Waals surface area (Å²) in [5.74, 6) is 0. The van der Waals surface area contributed by atoms with Crippen molar-refractivity contribution in [2.45, 2.75) is 0 Å². The van der Waals surface area contributed by atoms with Gasteiger partial charge in [-0.25, -0.2) is 4.98 Å². The van der Waals surface area contributed by atoms with E-state index in [0.717, 1.165) is 10.9 Å². The van der Waals surface area contributed by atoms with Crippen LogP contribution in [0.1, 0.15) is 0 Å². The van der Waals surface area contributed by atoms with E-state index in [9.17, 15) is 0 Å². The molecule has 3 nitrogen and oxygen atoms in total. The maximum absolute atomic E-state index is 8.48. The molecule has 0 amide bonds. The molecule has 1 heterocycles. The van der Waals surface area contributed by atoms with E-state index in [1.54, 1.807) is 6.07 Å². The summed E-state index contributed by atoms with van der Waals surface area (Å²) in [5, 5.41) is 9.46. The lowest BCUT2D eigenvalue weighted by atomic mass is 10.2. The highest BCUT2D eigenvalue weighted by Gasteiger charge is 2.04. The Morgan fingerprint density at radius 1 is 1.25 bits per heavy atom. The molecule has 3 heteroatoms. The molecule has 0 atom stereocenters. The molecular weight excluding hydrogens is 150 g/mol. The summed E-state index contributed by atoms with van der Waals surface area (Å²) in [7, 11) is 0. The quantitative estimate of drug-likeness (QED) is 0.550. The van der Waals surface area contributed by atoms with Gasteiger partial charge in [0.2, 0.25) is 5.39 Å². The molecule has 0 fully saturated rings. The monoisotopic (exact) mass is 156 g/mol. The Hall–Kier alpha value is -1.95. The van der Waals surface area contributed by atoms with Gasteiger partial charge in [-0.2, -0.15) is 0 Å². The molecule has 2 aromatic rings. The van der Waals surface area contributed by atoms with Crippen molar-refractivity contribution in [3.05, 3.63) is 41.5 Å². The summed E-state index contributed by atoms with van der Waals surface area (Å²) >= 11 is 0. The second-order valence-corrected chi connectivity index (χ2v) is 2.49. The normalized spacial score (nSPS) is 9.58. The molecule has 0 aliphatic heterocycles. The molecule has 1 aromatic heterocycles. The summed E-state index contributed by atoms with van der Waals surface area (Å²) < 4.78 is 0. The third-order valence-corrected chi connectivity index (χ3v) is 1.69. The molecule has 1 aromatic carbocycles. The van der Waals surface area contributed by atoms with Crippen LogP contribution in [0.5, 0.6) is 0 Å². The topological polar surface area (TPSA) is 41.0 Å².